The second-order valence-corrected chi connectivity index (χ2v) is 6.51. The van der Waals surface area contributed by atoms with Crippen LogP contribution in [0, 0.1) is 27.7 Å². The third-order valence-electron chi connectivity index (χ3n) is 4.67. The lowest BCUT2D eigenvalue weighted by atomic mass is 10.1. The van der Waals surface area contributed by atoms with Crippen LogP contribution in [-0.2, 0) is 9.59 Å². The minimum absolute atomic E-state index is 0.158. The van der Waals surface area contributed by atoms with E-state index in [2.05, 4.69) is 5.32 Å². The highest BCUT2D eigenvalue weighted by atomic mass is 16.2. The maximum Gasteiger partial charge on any atom is 0.256 e. The molecule has 1 aliphatic heterocycles. The Morgan fingerprint density at radius 3 is 2.46 bits per heavy atom. The van der Waals surface area contributed by atoms with Crippen molar-refractivity contribution in [2.75, 3.05) is 10.2 Å². The molecule has 1 aliphatic rings. The number of aryl methyl sites for hydroxylation is 3. The van der Waals surface area contributed by atoms with Crippen molar-refractivity contribution in [3.05, 3.63) is 58.7 Å². The number of nitrogens with one attached hydrogen (secondary N) is 1. The lowest BCUT2D eigenvalue weighted by molar-refractivity contribution is -0.121. The van der Waals surface area contributed by atoms with E-state index in [0.29, 0.717) is 5.69 Å². The van der Waals surface area contributed by atoms with Crippen LogP contribution in [-0.4, -0.2) is 17.9 Å². The van der Waals surface area contributed by atoms with Gasteiger partial charge in [0.05, 0.1) is 12.1 Å². The van der Waals surface area contributed by atoms with E-state index in [4.69, 9.17) is 0 Å². The van der Waals surface area contributed by atoms with E-state index in [-0.39, 0.29) is 18.2 Å². The molecule has 2 aromatic rings. The van der Waals surface area contributed by atoms with E-state index in [1.165, 1.54) is 4.90 Å². The molecule has 4 heteroatoms. The average molecular weight is 322 g/mol. The van der Waals surface area contributed by atoms with Crippen LogP contribution >= 0.6 is 0 Å². The maximum atomic E-state index is 12.8. The molecule has 0 saturated carbocycles. The van der Waals surface area contributed by atoms with Gasteiger partial charge in [0.15, 0.2) is 0 Å². The largest absolute Gasteiger partial charge is 0.373 e. The Labute approximate surface area is 142 Å². The summed E-state index contributed by atoms with van der Waals surface area (Å²) in [6.45, 7) is 7.97. The molecule has 2 aromatic carbocycles. The van der Waals surface area contributed by atoms with E-state index < -0.39 is 6.04 Å². The Hall–Kier alpha value is -2.62. The molecule has 0 unspecified atom stereocenters. The van der Waals surface area contributed by atoms with E-state index in [1.54, 1.807) is 0 Å². The highest BCUT2D eigenvalue weighted by Crippen LogP contribution is 2.29. The van der Waals surface area contributed by atoms with Gasteiger partial charge in [0.2, 0.25) is 5.91 Å². The first-order chi connectivity index (χ1) is 11.4. The molecule has 0 aromatic heterocycles. The predicted molar refractivity (Wildman–Crippen MR) is 96.4 cm³/mol. The standard InChI is InChI=1S/C20H22N2O2/c1-12-8-9-18(14(3)10-12)22-19(23)11-17(20(22)24)21-16-7-5-6-13(2)15(16)4/h5-10,17,21H,11H2,1-4H3/t17-/m1/s1. The second-order valence-electron chi connectivity index (χ2n) is 6.51. The van der Waals surface area contributed by atoms with Gasteiger partial charge in [-0.15, -0.1) is 0 Å². The summed E-state index contributed by atoms with van der Waals surface area (Å²) < 4.78 is 0. The van der Waals surface area contributed by atoms with Crippen molar-refractivity contribution in [1.82, 2.24) is 0 Å². The highest BCUT2D eigenvalue weighted by molar-refractivity contribution is 6.23. The topological polar surface area (TPSA) is 49.4 Å². The summed E-state index contributed by atoms with van der Waals surface area (Å²) in [5.41, 5.74) is 5.89. The summed E-state index contributed by atoms with van der Waals surface area (Å²) in [5, 5.41) is 3.25. The van der Waals surface area contributed by atoms with E-state index in [9.17, 15) is 9.59 Å². The van der Waals surface area contributed by atoms with Crippen molar-refractivity contribution in [2.45, 2.75) is 40.2 Å². The minimum Gasteiger partial charge on any atom is -0.373 e. The number of nitrogens with zero attached hydrogens (tertiary/aromatic N) is 1. The number of amides is 2. The molecule has 1 N–H and O–H groups in total. The van der Waals surface area contributed by atoms with Gasteiger partial charge in [-0.25, -0.2) is 4.90 Å². The zero-order chi connectivity index (χ0) is 17.4. The van der Waals surface area contributed by atoms with Crippen LogP contribution in [0.5, 0.6) is 0 Å². The molecule has 0 radical (unpaired) electrons. The molecule has 0 aliphatic carbocycles. The van der Waals surface area contributed by atoms with Crippen LogP contribution < -0.4 is 10.2 Å². The van der Waals surface area contributed by atoms with Gasteiger partial charge in [-0.2, -0.15) is 0 Å². The zero-order valence-corrected chi connectivity index (χ0v) is 14.5. The monoisotopic (exact) mass is 322 g/mol. The smallest absolute Gasteiger partial charge is 0.256 e. The molecule has 3 rings (SSSR count). The first-order valence-corrected chi connectivity index (χ1v) is 8.15. The van der Waals surface area contributed by atoms with Crippen LogP contribution in [0.4, 0.5) is 11.4 Å². The predicted octanol–water partition coefficient (Wildman–Crippen LogP) is 3.66. The van der Waals surface area contributed by atoms with E-state index >= 15 is 0 Å². The van der Waals surface area contributed by atoms with Gasteiger partial charge >= 0.3 is 0 Å². The Bertz CT molecular complexity index is 826. The Morgan fingerprint density at radius 1 is 1.00 bits per heavy atom. The molecule has 0 bridgehead atoms. The van der Waals surface area contributed by atoms with Crippen molar-refractivity contribution < 1.29 is 9.59 Å². The average Bonchev–Trinajstić information content (AvgIpc) is 2.79. The molecule has 24 heavy (non-hydrogen) atoms. The minimum atomic E-state index is -0.515. The van der Waals surface area contributed by atoms with Crippen LogP contribution in [0.15, 0.2) is 36.4 Å². The number of hydrogen-bond acceptors (Lipinski definition) is 3. The quantitative estimate of drug-likeness (QED) is 0.877. The molecule has 1 heterocycles. The van der Waals surface area contributed by atoms with Crippen molar-refractivity contribution in [1.29, 1.82) is 0 Å². The van der Waals surface area contributed by atoms with Gasteiger partial charge in [-0.3, -0.25) is 9.59 Å². The summed E-state index contributed by atoms with van der Waals surface area (Å²) >= 11 is 0. The third-order valence-corrected chi connectivity index (χ3v) is 4.67. The summed E-state index contributed by atoms with van der Waals surface area (Å²) in [7, 11) is 0. The fraction of sp³-hybridized carbons (Fsp3) is 0.300. The molecule has 2 amide bonds. The maximum absolute atomic E-state index is 12.8. The van der Waals surface area contributed by atoms with Crippen molar-refractivity contribution >= 4 is 23.2 Å². The molecular weight excluding hydrogens is 300 g/mol. The van der Waals surface area contributed by atoms with Gasteiger partial charge in [0.25, 0.3) is 5.91 Å². The number of benzene rings is 2. The van der Waals surface area contributed by atoms with Crippen LogP contribution in [0.1, 0.15) is 28.7 Å². The number of rotatable bonds is 3. The summed E-state index contributed by atoms with van der Waals surface area (Å²) in [6, 6.07) is 11.2. The van der Waals surface area contributed by atoms with Gasteiger partial charge in [-0.05, 0) is 56.5 Å². The number of imide groups is 1. The molecular formula is C20H22N2O2. The van der Waals surface area contributed by atoms with Crippen LogP contribution in [0.2, 0.25) is 0 Å². The van der Waals surface area contributed by atoms with Crippen molar-refractivity contribution in [3.63, 3.8) is 0 Å². The molecule has 0 spiro atoms. The van der Waals surface area contributed by atoms with Gasteiger partial charge in [-0.1, -0.05) is 29.8 Å². The number of hydrogen-bond donors (Lipinski definition) is 1. The molecule has 1 fully saturated rings. The summed E-state index contributed by atoms with van der Waals surface area (Å²) in [6.07, 6.45) is 0.180. The Morgan fingerprint density at radius 2 is 1.75 bits per heavy atom. The van der Waals surface area contributed by atoms with Crippen LogP contribution in [0.3, 0.4) is 0 Å². The molecule has 1 atom stereocenters. The van der Waals surface area contributed by atoms with E-state index in [1.807, 2.05) is 64.1 Å². The van der Waals surface area contributed by atoms with Gasteiger partial charge in [0.1, 0.15) is 6.04 Å². The summed E-state index contributed by atoms with van der Waals surface area (Å²) in [4.78, 5) is 26.6. The number of anilines is 2. The van der Waals surface area contributed by atoms with Crippen LogP contribution in [0.25, 0.3) is 0 Å². The lowest BCUT2D eigenvalue weighted by Gasteiger charge is -2.19. The van der Waals surface area contributed by atoms with Crippen molar-refractivity contribution in [2.24, 2.45) is 0 Å². The first kappa shape index (κ1) is 16.2. The fourth-order valence-electron chi connectivity index (χ4n) is 3.15. The molecule has 124 valence electrons. The lowest BCUT2D eigenvalue weighted by Crippen LogP contribution is -2.35. The highest BCUT2D eigenvalue weighted by Gasteiger charge is 2.40. The van der Waals surface area contributed by atoms with Crippen molar-refractivity contribution in [3.8, 4) is 0 Å². The molecule has 4 nitrogen and oxygen atoms in total. The van der Waals surface area contributed by atoms with Gasteiger partial charge < -0.3 is 5.32 Å². The summed E-state index contributed by atoms with van der Waals surface area (Å²) in [5.74, 6) is -0.345. The zero-order valence-electron chi connectivity index (χ0n) is 14.5. The Balaban J connectivity index is 1.88. The van der Waals surface area contributed by atoms with Gasteiger partial charge in [0, 0.05) is 5.69 Å². The second kappa shape index (κ2) is 6.11. The normalized spacial score (nSPS) is 17.5. The SMILES string of the molecule is Cc1ccc(N2C(=O)C[C@@H](Nc3cccc(C)c3C)C2=O)c(C)c1. The number of carbonyl (C=O) groups is 2. The fourth-order valence-corrected chi connectivity index (χ4v) is 3.15. The first-order valence-electron chi connectivity index (χ1n) is 8.15. The molecule has 1 saturated heterocycles. The number of carbonyl (C=O) groups excluding carboxylic acids is 2. The Kier molecular flexibility index (Phi) is 4.14. The third kappa shape index (κ3) is 2.80. The van der Waals surface area contributed by atoms with E-state index in [0.717, 1.165) is 27.9 Å².